The van der Waals surface area contributed by atoms with Crippen LogP contribution in [0.5, 0.6) is 0 Å². The van der Waals surface area contributed by atoms with Gasteiger partial charge >= 0.3 is 5.97 Å². The third kappa shape index (κ3) is 4.80. The third-order valence-corrected chi connectivity index (χ3v) is 3.24. The fourth-order valence-corrected chi connectivity index (χ4v) is 2.03. The predicted octanol–water partition coefficient (Wildman–Crippen LogP) is 3.34. The summed E-state index contributed by atoms with van der Waals surface area (Å²) in [4.78, 5) is 23.5. The number of nitrogens with one attached hydrogen (secondary N) is 1. The van der Waals surface area contributed by atoms with Gasteiger partial charge in [-0.1, -0.05) is 23.7 Å². The lowest BCUT2D eigenvalue weighted by atomic mass is 10.1. The van der Waals surface area contributed by atoms with Crippen LogP contribution in [0.1, 0.15) is 15.9 Å². The molecule has 0 radical (unpaired) electrons. The molecule has 2 aromatic rings. The summed E-state index contributed by atoms with van der Waals surface area (Å²) in [5, 5.41) is 11.3. The maximum Gasteiger partial charge on any atom is 0.341 e. The van der Waals surface area contributed by atoms with Gasteiger partial charge < -0.3 is 10.1 Å². The Morgan fingerprint density at radius 1 is 1.21 bits per heavy atom. The number of rotatable bonds is 5. The zero-order valence-electron chi connectivity index (χ0n) is 12.4. The Labute approximate surface area is 142 Å². The molecule has 2 aromatic carbocycles. The second-order valence-corrected chi connectivity index (χ2v) is 5.22. The highest BCUT2D eigenvalue weighted by molar-refractivity contribution is 6.30. The normalized spacial score (nSPS) is 9.88. The molecule has 7 heteroatoms. The second kappa shape index (κ2) is 8.09. The SMILES string of the molecule is N#CCc1ccc(NC(=O)COC(=O)c2cc(Cl)ccc2F)cc1. The first-order valence-electron chi connectivity index (χ1n) is 6.87. The monoisotopic (exact) mass is 346 g/mol. The van der Waals surface area contributed by atoms with Gasteiger partial charge in [-0.05, 0) is 35.9 Å². The molecule has 0 fully saturated rings. The van der Waals surface area contributed by atoms with Gasteiger partial charge in [-0.25, -0.2) is 9.18 Å². The van der Waals surface area contributed by atoms with Crippen molar-refractivity contribution < 1.29 is 18.7 Å². The van der Waals surface area contributed by atoms with Crippen LogP contribution in [0, 0.1) is 17.1 Å². The van der Waals surface area contributed by atoms with E-state index in [1.165, 1.54) is 6.07 Å². The van der Waals surface area contributed by atoms with Crippen molar-refractivity contribution in [3.63, 3.8) is 0 Å². The van der Waals surface area contributed by atoms with E-state index in [2.05, 4.69) is 5.32 Å². The third-order valence-electron chi connectivity index (χ3n) is 3.00. The number of hydrogen-bond donors (Lipinski definition) is 1. The minimum Gasteiger partial charge on any atom is -0.452 e. The van der Waals surface area contributed by atoms with Crippen LogP contribution in [0.4, 0.5) is 10.1 Å². The van der Waals surface area contributed by atoms with E-state index in [0.29, 0.717) is 5.69 Å². The maximum absolute atomic E-state index is 13.5. The summed E-state index contributed by atoms with van der Waals surface area (Å²) in [6.07, 6.45) is 0.275. The molecule has 122 valence electrons. The quantitative estimate of drug-likeness (QED) is 0.842. The fourth-order valence-electron chi connectivity index (χ4n) is 1.86. The van der Waals surface area contributed by atoms with Crippen molar-refractivity contribution in [2.24, 2.45) is 0 Å². The number of anilines is 1. The molecule has 2 rings (SSSR count). The number of carbonyl (C=O) groups excluding carboxylic acids is 2. The van der Waals surface area contributed by atoms with Crippen LogP contribution in [0.2, 0.25) is 5.02 Å². The second-order valence-electron chi connectivity index (χ2n) is 4.78. The van der Waals surface area contributed by atoms with Gasteiger partial charge in [-0.2, -0.15) is 5.26 Å². The van der Waals surface area contributed by atoms with Gasteiger partial charge in [0.2, 0.25) is 0 Å². The minimum absolute atomic E-state index is 0.185. The van der Waals surface area contributed by atoms with Crippen LogP contribution >= 0.6 is 11.6 Å². The number of nitrogens with zero attached hydrogens (tertiary/aromatic N) is 1. The number of esters is 1. The molecule has 0 bridgehead atoms. The zero-order chi connectivity index (χ0) is 17.5. The van der Waals surface area contributed by atoms with E-state index in [0.717, 1.165) is 17.7 Å². The van der Waals surface area contributed by atoms with Crippen molar-refractivity contribution in [3.05, 3.63) is 64.4 Å². The highest BCUT2D eigenvalue weighted by Crippen LogP contribution is 2.16. The van der Waals surface area contributed by atoms with Crippen LogP contribution < -0.4 is 5.32 Å². The Hall–Kier alpha value is -2.91. The smallest absolute Gasteiger partial charge is 0.341 e. The van der Waals surface area contributed by atoms with Crippen LogP contribution in [0.15, 0.2) is 42.5 Å². The van der Waals surface area contributed by atoms with Gasteiger partial charge in [0.15, 0.2) is 6.61 Å². The van der Waals surface area contributed by atoms with E-state index in [1.807, 2.05) is 6.07 Å². The topological polar surface area (TPSA) is 79.2 Å². The van der Waals surface area contributed by atoms with E-state index in [4.69, 9.17) is 21.6 Å². The van der Waals surface area contributed by atoms with Gasteiger partial charge in [0.1, 0.15) is 5.82 Å². The Balaban J connectivity index is 1.89. The standard InChI is InChI=1S/C17H12ClFN2O3/c18-12-3-6-15(19)14(9-12)17(23)24-10-16(22)21-13-4-1-11(2-5-13)7-8-20/h1-6,9H,7,10H2,(H,21,22). The Morgan fingerprint density at radius 2 is 1.92 bits per heavy atom. The number of halogens is 2. The molecule has 0 unspecified atom stereocenters. The van der Waals surface area contributed by atoms with Gasteiger partial charge in [-0.15, -0.1) is 0 Å². The van der Waals surface area contributed by atoms with Crippen molar-refractivity contribution in [2.45, 2.75) is 6.42 Å². The maximum atomic E-state index is 13.5. The summed E-state index contributed by atoms with van der Waals surface area (Å²) in [6.45, 7) is -0.565. The number of nitriles is 1. The Morgan fingerprint density at radius 3 is 2.58 bits per heavy atom. The molecule has 0 spiro atoms. The van der Waals surface area contributed by atoms with Gasteiger partial charge in [-0.3, -0.25) is 4.79 Å². The predicted molar refractivity (Wildman–Crippen MR) is 86.1 cm³/mol. The number of ether oxygens (including phenoxy) is 1. The lowest BCUT2D eigenvalue weighted by molar-refractivity contribution is -0.119. The molecular weight excluding hydrogens is 335 g/mol. The van der Waals surface area contributed by atoms with E-state index in [1.54, 1.807) is 24.3 Å². The summed E-state index contributed by atoms with van der Waals surface area (Å²) in [5.74, 6) is -2.33. The molecule has 0 aliphatic rings. The van der Waals surface area contributed by atoms with Gasteiger partial charge in [0.05, 0.1) is 18.1 Å². The Bertz CT molecular complexity index is 800. The lowest BCUT2D eigenvalue weighted by Gasteiger charge is -2.08. The van der Waals surface area contributed by atoms with Crippen molar-refractivity contribution >= 4 is 29.2 Å². The average Bonchev–Trinajstić information content (AvgIpc) is 2.57. The molecule has 0 aliphatic heterocycles. The van der Waals surface area contributed by atoms with Gasteiger partial charge in [0.25, 0.3) is 5.91 Å². The number of hydrogen-bond acceptors (Lipinski definition) is 4. The molecule has 0 aromatic heterocycles. The first-order valence-corrected chi connectivity index (χ1v) is 7.25. The van der Waals surface area contributed by atoms with Crippen molar-refractivity contribution in [2.75, 3.05) is 11.9 Å². The lowest BCUT2D eigenvalue weighted by Crippen LogP contribution is -2.21. The number of benzene rings is 2. The summed E-state index contributed by atoms with van der Waals surface area (Å²) < 4.78 is 18.3. The van der Waals surface area contributed by atoms with Crippen molar-refractivity contribution in [3.8, 4) is 6.07 Å². The molecule has 1 amide bonds. The minimum atomic E-state index is -0.977. The van der Waals surface area contributed by atoms with Gasteiger partial charge in [0, 0.05) is 10.7 Å². The van der Waals surface area contributed by atoms with Crippen molar-refractivity contribution in [1.82, 2.24) is 0 Å². The molecule has 0 saturated carbocycles. The molecule has 5 nitrogen and oxygen atoms in total. The summed E-state index contributed by atoms with van der Waals surface area (Å²) >= 11 is 5.69. The molecular formula is C17H12ClFN2O3. The van der Waals surface area contributed by atoms with Crippen LogP contribution in [-0.4, -0.2) is 18.5 Å². The van der Waals surface area contributed by atoms with E-state index in [9.17, 15) is 14.0 Å². The van der Waals surface area contributed by atoms with Crippen LogP contribution in [0.3, 0.4) is 0 Å². The van der Waals surface area contributed by atoms with E-state index in [-0.39, 0.29) is 17.0 Å². The first kappa shape index (κ1) is 17.4. The Kier molecular flexibility index (Phi) is 5.88. The van der Waals surface area contributed by atoms with E-state index >= 15 is 0 Å². The highest BCUT2D eigenvalue weighted by Gasteiger charge is 2.15. The molecule has 24 heavy (non-hydrogen) atoms. The van der Waals surface area contributed by atoms with Crippen LogP contribution in [-0.2, 0) is 16.0 Å². The van der Waals surface area contributed by atoms with Crippen LogP contribution in [0.25, 0.3) is 0 Å². The fraction of sp³-hybridized carbons (Fsp3) is 0.118. The number of carbonyl (C=O) groups is 2. The zero-order valence-corrected chi connectivity index (χ0v) is 13.1. The summed E-state index contributed by atoms with van der Waals surface area (Å²) in [5.41, 5.74) is 0.973. The summed E-state index contributed by atoms with van der Waals surface area (Å²) in [6, 6.07) is 12.1. The number of amides is 1. The first-order chi connectivity index (χ1) is 11.5. The molecule has 0 atom stereocenters. The van der Waals surface area contributed by atoms with Crippen molar-refractivity contribution in [1.29, 1.82) is 5.26 Å². The average molecular weight is 347 g/mol. The van der Waals surface area contributed by atoms with E-state index < -0.39 is 24.3 Å². The highest BCUT2D eigenvalue weighted by atomic mass is 35.5. The molecule has 1 N–H and O–H groups in total. The molecule has 0 aliphatic carbocycles. The summed E-state index contributed by atoms with van der Waals surface area (Å²) in [7, 11) is 0. The largest absolute Gasteiger partial charge is 0.452 e. The molecule has 0 saturated heterocycles. The molecule has 0 heterocycles.